The second-order valence-electron chi connectivity index (χ2n) is 8.47. The van der Waals surface area contributed by atoms with Crippen LogP contribution in [0.3, 0.4) is 0 Å². The van der Waals surface area contributed by atoms with Crippen LogP contribution in [0.1, 0.15) is 35.3 Å². The molecule has 2 amide bonds. The Labute approximate surface area is 186 Å². The highest BCUT2D eigenvalue weighted by Gasteiger charge is 2.35. The molecule has 7 nitrogen and oxygen atoms in total. The molecule has 1 aromatic heterocycles. The summed E-state index contributed by atoms with van der Waals surface area (Å²) in [6.07, 6.45) is 6.27. The predicted octanol–water partition coefficient (Wildman–Crippen LogP) is 2.38. The molecule has 8 heteroatoms. The number of likely N-dealkylation sites (tertiary alicyclic amines) is 1. The van der Waals surface area contributed by atoms with Gasteiger partial charge in [0.15, 0.2) is 0 Å². The number of benzene rings is 1. The zero-order valence-corrected chi connectivity index (χ0v) is 18.1. The molecule has 2 aliphatic heterocycles. The molecule has 0 radical (unpaired) electrons. The molecule has 4 rings (SSSR count). The highest BCUT2D eigenvalue weighted by molar-refractivity contribution is 5.92. The quantitative estimate of drug-likeness (QED) is 0.687. The predicted molar refractivity (Wildman–Crippen MR) is 117 cm³/mol. The number of nitrogens with zero attached hydrogens (tertiary/aromatic N) is 4. The van der Waals surface area contributed by atoms with Crippen LogP contribution in [-0.4, -0.2) is 51.0 Å². The lowest BCUT2D eigenvalue weighted by molar-refractivity contribution is -0.137. The van der Waals surface area contributed by atoms with Gasteiger partial charge in [-0.05, 0) is 48.9 Å². The molecule has 3 heterocycles. The van der Waals surface area contributed by atoms with Crippen molar-refractivity contribution in [3.63, 3.8) is 0 Å². The molecule has 0 bridgehead atoms. The van der Waals surface area contributed by atoms with Crippen molar-refractivity contribution in [1.29, 1.82) is 0 Å². The van der Waals surface area contributed by atoms with Gasteiger partial charge in [0.05, 0.1) is 0 Å². The first-order valence-corrected chi connectivity index (χ1v) is 10.9. The first-order chi connectivity index (χ1) is 15.4. The van der Waals surface area contributed by atoms with Crippen molar-refractivity contribution in [3.8, 4) is 0 Å². The molecule has 1 unspecified atom stereocenters. The summed E-state index contributed by atoms with van der Waals surface area (Å²) < 4.78 is 14.4. The number of halogens is 1. The molecule has 1 aromatic carbocycles. The average Bonchev–Trinajstić information content (AvgIpc) is 2.98. The van der Waals surface area contributed by atoms with Crippen molar-refractivity contribution < 1.29 is 14.0 Å². The summed E-state index contributed by atoms with van der Waals surface area (Å²) in [5, 5.41) is 4.06. The third kappa shape index (κ3) is 4.79. The first kappa shape index (κ1) is 21.9. The Morgan fingerprint density at radius 2 is 1.78 bits per heavy atom. The third-order valence-corrected chi connectivity index (χ3v) is 6.37. The van der Waals surface area contributed by atoms with Crippen molar-refractivity contribution in [2.45, 2.75) is 25.8 Å². The van der Waals surface area contributed by atoms with Gasteiger partial charge in [-0.1, -0.05) is 24.3 Å². The largest absolute Gasteiger partial charge is 0.337 e. The minimum Gasteiger partial charge on any atom is -0.337 e. The average molecular weight is 439 g/mol. The number of carbonyl (C=O) groups is 2. The molecular formula is C24H27FN4O3. The van der Waals surface area contributed by atoms with Gasteiger partial charge in [0.1, 0.15) is 11.5 Å². The number of aromatic nitrogens is 2. The second kappa shape index (κ2) is 9.46. The van der Waals surface area contributed by atoms with E-state index in [0.29, 0.717) is 32.6 Å². The summed E-state index contributed by atoms with van der Waals surface area (Å²) in [4.78, 5) is 41.2. The van der Waals surface area contributed by atoms with Gasteiger partial charge in [-0.15, -0.1) is 0 Å². The molecule has 0 aliphatic carbocycles. The van der Waals surface area contributed by atoms with Crippen molar-refractivity contribution in [3.05, 3.63) is 76.0 Å². The lowest BCUT2D eigenvalue weighted by Crippen LogP contribution is -2.44. The summed E-state index contributed by atoms with van der Waals surface area (Å²) in [6.45, 7) is 2.11. The molecular weight excluding hydrogens is 411 g/mol. The molecule has 0 saturated carbocycles. The monoisotopic (exact) mass is 438 g/mol. The normalized spacial score (nSPS) is 19.8. The van der Waals surface area contributed by atoms with Gasteiger partial charge < -0.3 is 9.80 Å². The number of hydrogen-bond donors (Lipinski definition) is 0. The van der Waals surface area contributed by atoms with E-state index in [2.05, 4.69) is 11.2 Å². The molecule has 1 atom stereocenters. The van der Waals surface area contributed by atoms with Gasteiger partial charge in [0.25, 0.3) is 11.5 Å². The molecule has 2 aliphatic rings. The molecule has 1 fully saturated rings. The van der Waals surface area contributed by atoms with Crippen LogP contribution in [0.25, 0.3) is 0 Å². The lowest BCUT2D eigenvalue weighted by Gasteiger charge is -2.36. The molecule has 0 spiro atoms. The molecule has 32 heavy (non-hydrogen) atoms. The Morgan fingerprint density at radius 3 is 2.47 bits per heavy atom. The number of allylic oxidation sites excluding steroid dienone is 1. The van der Waals surface area contributed by atoms with Crippen LogP contribution in [0.2, 0.25) is 0 Å². The van der Waals surface area contributed by atoms with Crippen molar-refractivity contribution >= 4 is 11.8 Å². The topological polar surface area (TPSA) is 75.5 Å². The van der Waals surface area contributed by atoms with Crippen LogP contribution in [0.5, 0.6) is 0 Å². The smallest absolute Gasteiger partial charge is 0.274 e. The van der Waals surface area contributed by atoms with Gasteiger partial charge in [-0.2, -0.15) is 5.10 Å². The summed E-state index contributed by atoms with van der Waals surface area (Å²) in [5.41, 5.74) is 0.897. The SMILES string of the molecule is Cn1nc(C(=O)N2CCC(C3CC=CCN(Cc4ccc(F)cc4)C3=O)CC2)ccc1=O. The fourth-order valence-electron chi connectivity index (χ4n) is 4.50. The van der Waals surface area contributed by atoms with Gasteiger partial charge in [0, 0.05) is 45.2 Å². The van der Waals surface area contributed by atoms with Crippen molar-refractivity contribution in [2.75, 3.05) is 19.6 Å². The Morgan fingerprint density at radius 1 is 1.06 bits per heavy atom. The molecule has 2 aromatic rings. The Balaban J connectivity index is 1.39. The summed E-state index contributed by atoms with van der Waals surface area (Å²) in [6, 6.07) is 9.06. The highest BCUT2D eigenvalue weighted by Crippen LogP contribution is 2.31. The fraction of sp³-hybridized carbons (Fsp3) is 0.417. The summed E-state index contributed by atoms with van der Waals surface area (Å²) in [5.74, 6) is -0.295. The van der Waals surface area contributed by atoms with Crippen LogP contribution >= 0.6 is 0 Å². The van der Waals surface area contributed by atoms with Crippen LogP contribution in [-0.2, 0) is 18.4 Å². The second-order valence-corrected chi connectivity index (χ2v) is 8.47. The van der Waals surface area contributed by atoms with E-state index >= 15 is 0 Å². The van der Waals surface area contributed by atoms with Crippen LogP contribution in [0, 0.1) is 17.7 Å². The Bertz CT molecular complexity index is 1070. The Kier molecular flexibility index (Phi) is 6.48. The van der Waals surface area contributed by atoms with Gasteiger partial charge in [0.2, 0.25) is 5.91 Å². The van der Waals surface area contributed by atoms with Gasteiger partial charge in [-0.3, -0.25) is 14.4 Å². The van der Waals surface area contributed by atoms with E-state index in [1.807, 2.05) is 11.0 Å². The number of piperidine rings is 1. The summed E-state index contributed by atoms with van der Waals surface area (Å²) >= 11 is 0. The van der Waals surface area contributed by atoms with Crippen molar-refractivity contribution in [1.82, 2.24) is 19.6 Å². The zero-order valence-electron chi connectivity index (χ0n) is 18.1. The highest BCUT2D eigenvalue weighted by atomic mass is 19.1. The molecule has 0 N–H and O–H groups in total. The third-order valence-electron chi connectivity index (χ3n) is 6.37. The number of hydrogen-bond acceptors (Lipinski definition) is 4. The van der Waals surface area contributed by atoms with Crippen LogP contribution in [0.4, 0.5) is 4.39 Å². The van der Waals surface area contributed by atoms with Crippen molar-refractivity contribution in [2.24, 2.45) is 18.9 Å². The minimum absolute atomic E-state index is 0.115. The maximum Gasteiger partial charge on any atom is 0.274 e. The fourth-order valence-corrected chi connectivity index (χ4v) is 4.50. The Hall–Kier alpha value is -3.29. The van der Waals surface area contributed by atoms with Gasteiger partial charge >= 0.3 is 0 Å². The molecule has 1 saturated heterocycles. The van der Waals surface area contributed by atoms with E-state index in [4.69, 9.17) is 0 Å². The number of aryl methyl sites for hydroxylation is 1. The lowest BCUT2D eigenvalue weighted by atomic mass is 9.81. The maximum absolute atomic E-state index is 13.3. The van der Waals surface area contributed by atoms with E-state index in [-0.39, 0.29) is 40.7 Å². The number of amides is 2. The van der Waals surface area contributed by atoms with E-state index in [9.17, 15) is 18.8 Å². The molecule has 168 valence electrons. The first-order valence-electron chi connectivity index (χ1n) is 10.9. The van der Waals surface area contributed by atoms with Crippen LogP contribution in [0.15, 0.2) is 53.3 Å². The standard InChI is InChI=1S/C24H27FN4O3/c1-27-22(30)10-9-21(26-27)24(32)28-14-11-18(12-15-28)20-4-2-3-13-29(23(20)31)16-17-5-7-19(25)8-6-17/h2-3,5-10,18,20H,4,11-16H2,1H3. The number of rotatable bonds is 4. The van der Waals surface area contributed by atoms with Crippen LogP contribution < -0.4 is 5.56 Å². The summed E-state index contributed by atoms with van der Waals surface area (Å²) in [7, 11) is 1.52. The minimum atomic E-state index is -0.289. The van der Waals surface area contributed by atoms with E-state index in [1.165, 1.54) is 31.3 Å². The maximum atomic E-state index is 13.3. The van der Waals surface area contributed by atoms with E-state index in [1.54, 1.807) is 17.0 Å². The van der Waals surface area contributed by atoms with E-state index in [0.717, 1.165) is 23.1 Å². The van der Waals surface area contributed by atoms with Gasteiger partial charge in [-0.25, -0.2) is 9.07 Å². The number of carbonyl (C=O) groups excluding carboxylic acids is 2. The van der Waals surface area contributed by atoms with E-state index < -0.39 is 0 Å². The zero-order chi connectivity index (χ0) is 22.7.